The third-order valence-electron chi connectivity index (χ3n) is 1.86. The molecule has 0 aliphatic rings. The topological polar surface area (TPSA) is 77.2 Å². The third kappa shape index (κ3) is 4.26. The number of primary amides is 1. The Hall–Kier alpha value is -0.980. The lowest BCUT2D eigenvalue weighted by molar-refractivity contribution is -0.125. The second-order valence-corrected chi connectivity index (χ2v) is 5.40. The first-order chi connectivity index (χ1) is 7.39. The minimum Gasteiger partial charge on any atom is -0.368 e. The number of thiazole rings is 1. The Kier molecular flexibility index (Phi) is 4.40. The molecule has 90 valence electrons. The molecule has 3 N–H and O–H groups in total. The normalized spacial score (nSPS) is 11.7. The molecule has 1 amide bonds. The van der Waals surface area contributed by atoms with E-state index in [1.54, 1.807) is 11.3 Å². The SMILES string of the molecule is CC(C)(C)c1csc(CNOCC(N)=O)n1. The summed E-state index contributed by atoms with van der Waals surface area (Å²) in [7, 11) is 0. The summed E-state index contributed by atoms with van der Waals surface area (Å²) >= 11 is 1.57. The molecule has 0 bridgehead atoms. The Labute approximate surface area is 99.0 Å². The number of carbonyl (C=O) groups excluding carboxylic acids is 1. The number of aromatic nitrogens is 1. The van der Waals surface area contributed by atoms with Gasteiger partial charge >= 0.3 is 0 Å². The van der Waals surface area contributed by atoms with E-state index in [-0.39, 0.29) is 12.0 Å². The van der Waals surface area contributed by atoms with E-state index >= 15 is 0 Å². The monoisotopic (exact) mass is 243 g/mol. The van der Waals surface area contributed by atoms with Crippen molar-refractivity contribution in [3.05, 3.63) is 16.1 Å². The molecule has 0 saturated carbocycles. The van der Waals surface area contributed by atoms with Crippen LogP contribution in [0, 0.1) is 0 Å². The molecule has 0 radical (unpaired) electrons. The largest absolute Gasteiger partial charge is 0.368 e. The molecule has 0 spiro atoms. The second kappa shape index (κ2) is 5.38. The van der Waals surface area contributed by atoms with Crippen molar-refractivity contribution in [2.45, 2.75) is 32.7 Å². The molecule has 1 rings (SSSR count). The molecule has 0 atom stereocenters. The summed E-state index contributed by atoms with van der Waals surface area (Å²) < 4.78 is 0. The van der Waals surface area contributed by atoms with Crippen molar-refractivity contribution >= 4 is 17.2 Å². The van der Waals surface area contributed by atoms with Crippen molar-refractivity contribution in [3.63, 3.8) is 0 Å². The molecule has 0 fully saturated rings. The van der Waals surface area contributed by atoms with Crippen LogP contribution in [-0.2, 0) is 21.6 Å². The van der Waals surface area contributed by atoms with Crippen molar-refractivity contribution in [3.8, 4) is 0 Å². The summed E-state index contributed by atoms with van der Waals surface area (Å²) in [6, 6.07) is 0. The van der Waals surface area contributed by atoms with Gasteiger partial charge in [-0.25, -0.2) is 4.98 Å². The van der Waals surface area contributed by atoms with Gasteiger partial charge in [-0.3, -0.25) is 9.63 Å². The molecule has 0 unspecified atom stereocenters. The van der Waals surface area contributed by atoms with Gasteiger partial charge in [0.05, 0.1) is 12.2 Å². The van der Waals surface area contributed by atoms with Gasteiger partial charge in [0.2, 0.25) is 5.91 Å². The molecule has 16 heavy (non-hydrogen) atoms. The predicted molar refractivity (Wildman–Crippen MR) is 62.8 cm³/mol. The zero-order valence-corrected chi connectivity index (χ0v) is 10.6. The maximum atomic E-state index is 10.4. The van der Waals surface area contributed by atoms with E-state index in [2.05, 4.69) is 31.2 Å². The van der Waals surface area contributed by atoms with Gasteiger partial charge in [0.1, 0.15) is 11.6 Å². The van der Waals surface area contributed by atoms with Crippen molar-refractivity contribution in [2.75, 3.05) is 6.61 Å². The highest BCUT2D eigenvalue weighted by Gasteiger charge is 2.17. The Morgan fingerprint density at radius 2 is 2.31 bits per heavy atom. The van der Waals surface area contributed by atoms with Crippen LogP contribution in [0.2, 0.25) is 0 Å². The number of hydroxylamine groups is 1. The molecule has 6 heteroatoms. The summed E-state index contributed by atoms with van der Waals surface area (Å²) in [5.74, 6) is -0.498. The van der Waals surface area contributed by atoms with Gasteiger partial charge in [-0.05, 0) is 0 Å². The first kappa shape index (κ1) is 13.1. The fraction of sp³-hybridized carbons (Fsp3) is 0.600. The van der Waals surface area contributed by atoms with Gasteiger partial charge < -0.3 is 5.73 Å². The Morgan fingerprint density at radius 1 is 1.62 bits per heavy atom. The Morgan fingerprint density at radius 3 is 2.81 bits per heavy atom. The fourth-order valence-corrected chi connectivity index (χ4v) is 1.92. The molecule has 1 heterocycles. The second-order valence-electron chi connectivity index (χ2n) is 4.45. The van der Waals surface area contributed by atoms with E-state index in [4.69, 9.17) is 10.6 Å². The summed E-state index contributed by atoms with van der Waals surface area (Å²) in [6.45, 7) is 6.69. The van der Waals surface area contributed by atoms with Crippen LogP contribution in [0.4, 0.5) is 0 Å². The van der Waals surface area contributed by atoms with Gasteiger partial charge in [0.25, 0.3) is 0 Å². The Balaban J connectivity index is 2.38. The number of nitrogens with two attached hydrogens (primary N) is 1. The molecular formula is C10H17N3O2S. The van der Waals surface area contributed by atoms with Crippen LogP contribution in [0.3, 0.4) is 0 Å². The lowest BCUT2D eigenvalue weighted by Crippen LogP contribution is -2.24. The number of nitrogens with zero attached hydrogens (tertiary/aromatic N) is 1. The number of hydrogen-bond donors (Lipinski definition) is 2. The smallest absolute Gasteiger partial charge is 0.245 e. The molecule has 1 aromatic rings. The number of carbonyl (C=O) groups is 1. The molecule has 0 saturated heterocycles. The number of rotatable bonds is 5. The highest BCUT2D eigenvalue weighted by Crippen LogP contribution is 2.23. The van der Waals surface area contributed by atoms with Crippen molar-refractivity contribution in [1.82, 2.24) is 10.5 Å². The van der Waals surface area contributed by atoms with Crippen LogP contribution in [-0.4, -0.2) is 17.5 Å². The van der Waals surface area contributed by atoms with Crippen molar-refractivity contribution < 1.29 is 9.63 Å². The van der Waals surface area contributed by atoms with Gasteiger partial charge in [-0.2, -0.15) is 5.48 Å². The van der Waals surface area contributed by atoms with Crippen molar-refractivity contribution in [1.29, 1.82) is 0 Å². The average molecular weight is 243 g/mol. The van der Waals surface area contributed by atoms with E-state index in [0.717, 1.165) is 10.7 Å². The van der Waals surface area contributed by atoms with E-state index in [0.29, 0.717) is 6.54 Å². The first-order valence-electron chi connectivity index (χ1n) is 4.97. The van der Waals surface area contributed by atoms with Crippen molar-refractivity contribution in [2.24, 2.45) is 5.73 Å². The quantitative estimate of drug-likeness (QED) is 0.596. The molecule has 0 aliphatic heterocycles. The summed E-state index contributed by atoms with van der Waals surface area (Å²) in [5, 5.41) is 2.96. The first-order valence-corrected chi connectivity index (χ1v) is 5.85. The van der Waals surface area contributed by atoms with Gasteiger partial charge in [-0.15, -0.1) is 11.3 Å². The molecule has 0 aliphatic carbocycles. The van der Waals surface area contributed by atoms with Crippen LogP contribution in [0.15, 0.2) is 5.38 Å². The zero-order chi connectivity index (χ0) is 12.2. The average Bonchev–Trinajstić information content (AvgIpc) is 2.59. The highest BCUT2D eigenvalue weighted by molar-refractivity contribution is 7.09. The summed E-state index contributed by atoms with van der Waals surface area (Å²) in [5.41, 5.74) is 8.68. The minimum atomic E-state index is -0.498. The molecule has 0 aromatic carbocycles. The standard InChI is InChI=1S/C10H17N3O2S/c1-10(2,3)7-6-16-9(13-7)4-12-15-5-8(11)14/h6,12H,4-5H2,1-3H3,(H2,11,14). The van der Waals surface area contributed by atoms with Crippen LogP contribution in [0.25, 0.3) is 0 Å². The number of amides is 1. The van der Waals surface area contributed by atoms with Crippen LogP contribution in [0.5, 0.6) is 0 Å². The van der Waals surface area contributed by atoms with E-state index in [1.807, 2.05) is 5.38 Å². The summed E-state index contributed by atoms with van der Waals surface area (Å²) in [6.07, 6.45) is 0. The number of hydrogen-bond acceptors (Lipinski definition) is 5. The molecule has 1 aromatic heterocycles. The number of nitrogens with one attached hydrogen (secondary N) is 1. The molecular weight excluding hydrogens is 226 g/mol. The predicted octanol–water partition coefficient (Wildman–Crippen LogP) is 0.947. The van der Waals surface area contributed by atoms with E-state index in [9.17, 15) is 4.79 Å². The lowest BCUT2D eigenvalue weighted by atomic mass is 9.93. The third-order valence-corrected chi connectivity index (χ3v) is 2.71. The minimum absolute atomic E-state index is 0.0584. The van der Waals surface area contributed by atoms with Crippen LogP contribution in [0.1, 0.15) is 31.5 Å². The highest BCUT2D eigenvalue weighted by atomic mass is 32.1. The summed E-state index contributed by atoms with van der Waals surface area (Å²) in [4.78, 5) is 19.7. The van der Waals surface area contributed by atoms with Gasteiger partial charge in [0.15, 0.2) is 0 Å². The fourth-order valence-electron chi connectivity index (χ4n) is 0.971. The molecule has 5 nitrogen and oxygen atoms in total. The Bertz CT molecular complexity index is 357. The lowest BCUT2D eigenvalue weighted by Gasteiger charge is -2.14. The maximum absolute atomic E-state index is 10.4. The van der Waals surface area contributed by atoms with Gasteiger partial charge in [0, 0.05) is 10.8 Å². The van der Waals surface area contributed by atoms with Crippen LogP contribution < -0.4 is 11.2 Å². The van der Waals surface area contributed by atoms with Gasteiger partial charge in [-0.1, -0.05) is 20.8 Å². The zero-order valence-electron chi connectivity index (χ0n) is 9.74. The van der Waals surface area contributed by atoms with E-state index < -0.39 is 5.91 Å². The van der Waals surface area contributed by atoms with Crippen LogP contribution >= 0.6 is 11.3 Å². The maximum Gasteiger partial charge on any atom is 0.245 e. The van der Waals surface area contributed by atoms with E-state index in [1.165, 1.54) is 0 Å².